The van der Waals surface area contributed by atoms with Gasteiger partial charge in [-0.3, -0.25) is 0 Å². The van der Waals surface area contributed by atoms with E-state index in [9.17, 15) is 4.79 Å². The van der Waals surface area contributed by atoms with Crippen LogP contribution < -0.4 is 10.9 Å². The molecule has 0 aliphatic heterocycles. The fourth-order valence-electron chi connectivity index (χ4n) is 3.94. The van der Waals surface area contributed by atoms with Crippen molar-refractivity contribution < 1.29 is 8.83 Å². The quantitative estimate of drug-likeness (QED) is 0.315. The van der Waals surface area contributed by atoms with Gasteiger partial charge in [-0.15, -0.1) is 0 Å². The maximum absolute atomic E-state index is 13.0. The predicted molar refractivity (Wildman–Crippen MR) is 126 cm³/mol. The Kier molecular flexibility index (Phi) is 4.63. The smallest absolute Gasteiger partial charge is 0.348 e. The van der Waals surface area contributed by atoms with E-state index in [2.05, 4.69) is 31.3 Å². The molecule has 0 radical (unpaired) electrons. The van der Waals surface area contributed by atoms with Gasteiger partial charge in [0.05, 0.1) is 10.9 Å². The van der Waals surface area contributed by atoms with Crippen molar-refractivity contribution in [3.8, 4) is 11.1 Å². The Labute approximate surface area is 180 Å². The third kappa shape index (κ3) is 3.30. The Hall–Kier alpha value is -3.79. The van der Waals surface area contributed by atoms with E-state index in [-0.39, 0.29) is 0 Å². The number of benzene rings is 3. The molecular formula is C27H23NO3. The highest BCUT2D eigenvalue weighted by Gasteiger charge is 2.23. The second kappa shape index (κ2) is 7.47. The Bertz CT molecular complexity index is 1460. The fraction of sp³-hybridized carbons (Fsp3) is 0.148. The maximum Gasteiger partial charge on any atom is 0.348 e. The van der Waals surface area contributed by atoms with Gasteiger partial charge in [0, 0.05) is 5.69 Å². The normalized spacial score (nSPS) is 11.5. The molecule has 31 heavy (non-hydrogen) atoms. The van der Waals surface area contributed by atoms with Crippen molar-refractivity contribution in [2.24, 2.45) is 0 Å². The second-order valence-electron chi connectivity index (χ2n) is 8.11. The van der Waals surface area contributed by atoms with Gasteiger partial charge in [0.25, 0.3) is 0 Å². The van der Waals surface area contributed by atoms with E-state index in [1.165, 1.54) is 5.56 Å². The van der Waals surface area contributed by atoms with Crippen LogP contribution in [0.4, 0.5) is 11.6 Å². The minimum atomic E-state index is -0.404. The summed E-state index contributed by atoms with van der Waals surface area (Å²) in [5, 5.41) is 4.63. The Morgan fingerprint density at radius 2 is 1.55 bits per heavy atom. The van der Waals surface area contributed by atoms with Gasteiger partial charge in [-0.2, -0.15) is 0 Å². The topological polar surface area (TPSA) is 55.4 Å². The molecule has 0 unspecified atom stereocenters. The van der Waals surface area contributed by atoms with Crippen LogP contribution in [-0.4, -0.2) is 0 Å². The van der Waals surface area contributed by atoms with Gasteiger partial charge in [-0.1, -0.05) is 68.4 Å². The van der Waals surface area contributed by atoms with Gasteiger partial charge in [-0.05, 0) is 47.7 Å². The molecule has 2 aromatic heterocycles. The molecule has 5 rings (SSSR count). The van der Waals surface area contributed by atoms with Gasteiger partial charge in [0.2, 0.25) is 5.88 Å². The predicted octanol–water partition coefficient (Wildman–Crippen LogP) is 7.38. The second-order valence-corrected chi connectivity index (χ2v) is 8.11. The van der Waals surface area contributed by atoms with E-state index in [4.69, 9.17) is 8.83 Å². The van der Waals surface area contributed by atoms with Crippen molar-refractivity contribution in [2.75, 3.05) is 5.32 Å². The Morgan fingerprint density at radius 3 is 2.29 bits per heavy atom. The lowest BCUT2D eigenvalue weighted by Crippen LogP contribution is -2.00. The molecule has 0 saturated carbocycles. The first-order chi connectivity index (χ1) is 15.0. The highest BCUT2D eigenvalue weighted by Crippen LogP contribution is 2.41. The molecule has 0 amide bonds. The zero-order chi connectivity index (χ0) is 21.5. The number of hydrogen-bond donors (Lipinski definition) is 1. The summed E-state index contributed by atoms with van der Waals surface area (Å²) < 4.78 is 12.0. The molecule has 2 heterocycles. The number of nitrogens with one attached hydrogen (secondary N) is 1. The van der Waals surface area contributed by atoms with Crippen LogP contribution in [-0.2, 0) is 0 Å². The Balaban J connectivity index is 1.81. The molecule has 0 atom stereocenters. The summed E-state index contributed by atoms with van der Waals surface area (Å²) in [6.07, 6.45) is 0. The van der Waals surface area contributed by atoms with Gasteiger partial charge < -0.3 is 14.2 Å². The molecule has 0 bridgehead atoms. The largest absolute Gasteiger partial charge is 0.439 e. The van der Waals surface area contributed by atoms with E-state index >= 15 is 0 Å². The zero-order valence-electron chi connectivity index (χ0n) is 17.7. The van der Waals surface area contributed by atoms with Gasteiger partial charge in [-0.25, -0.2) is 4.79 Å². The summed E-state index contributed by atoms with van der Waals surface area (Å²) in [5.74, 6) is 0.957. The third-order valence-electron chi connectivity index (χ3n) is 5.71. The van der Waals surface area contributed by atoms with E-state index in [0.29, 0.717) is 33.9 Å². The van der Waals surface area contributed by atoms with Crippen molar-refractivity contribution in [1.29, 1.82) is 0 Å². The molecule has 1 N–H and O–H groups in total. The van der Waals surface area contributed by atoms with Crippen LogP contribution in [0.3, 0.4) is 0 Å². The summed E-state index contributed by atoms with van der Waals surface area (Å²) in [6, 6.07) is 23.7. The molecule has 4 heteroatoms. The number of furan rings is 1. The summed E-state index contributed by atoms with van der Waals surface area (Å²) in [7, 11) is 0. The lowest BCUT2D eigenvalue weighted by Gasteiger charge is -2.10. The zero-order valence-corrected chi connectivity index (χ0v) is 17.7. The van der Waals surface area contributed by atoms with E-state index in [1.807, 2.05) is 61.5 Å². The summed E-state index contributed by atoms with van der Waals surface area (Å²) in [5.41, 5.74) is 5.51. The van der Waals surface area contributed by atoms with Gasteiger partial charge in [0.15, 0.2) is 5.58 Å². The van der Waals surface area contributed by atoms with Crippen molar-refractivity contribution in [1.82, 2.24) is 0 Å². The average Bonchev–Trinajstić information content (AvgIpc) is 3.15. The Morgan fingerprint density at radius 1 is 0.839 bits per heavy atom. The monoisotopic (exact) mass is 409 g/mol. The first kappa shape index (κ1) is 19.2. The van der Waals surface area contributed by atoms with Crippen molar-refractivity contribution in [3.63, 3.8) is 0 Å². The van der Waals surface area contributed by atoms with Crippen LogP contribution >= 0.6 is 0 Å². The minimum absolute atomic E-state index is 0.404. The molecule has 3 aromatic carbocycles. The van der Waals surface area contributed by atoms with Crippen LogP contribution in [0.2, 0.25) is 0 Å². The van der Waals surface area contributed by atoms with E-state index in [1.54, 1.807) is 6.07 Å². The number of aryl methyl sites for hydroxylation is 1. The highest BCUT2D eigenvalue weighted by atomic mass is 16.4. The van der Waals surface area contributed by atoms with Gasteiger partial charge >= 0.3 is 5.63 Å². The lowest BCUT2D eigenvalue weighted by molar-refractivity contribution is 0.566. The molecule has 4 nitrogen and oxygen atoms in total. The maximum atomic E-state index is 13.0. The van der Waals surface area contributed by atoms with Crippen molar-refractivity contribution in [2.45, 2.75) is 26.7 Å². The molecular weight excluding hydrogens is 386 g/mol. The number of para-hydroxylation sites is 2. The SMILES string of the molecule is Cc1ccccc1Nc1oc2c(c1-c1ccc(C(C)C)cc1)c(=O)oc1ccccc12. The van der Waals surface area contributed by atoms with Crippen LogP contribution in [0.1, 0.15) is 30.9 Å². The highest BCUT2D eigenvalue weighted by molar-refractivity contribution is 6.10. The summed E-state index contributed by atoms with van der Waals surface area (Å²) in [6.45, 7) is 6.36. The lowest BCUT2D eigenvalue weighted by atomic mass is 9.98. The number of anilines is 2. The number of hydrogen-bond acceptors (Lipinski definition) is 4. The molecule has 0 spiro atoms. The van der Waals surface area contributed by atoms with E-state index < -0.39 is 5.63 Å². The number of rotatable bonds is 4. The standard InChI is InChI=1S/C27H23NO3/c1-16(2)18-12-14-19(15-13-18)23-24-25(20-9-5-7-11-22(20)30-27(24)29)31-26(23)28-21-10-6-4-8-17(21)3/h4-16,28H,1-3H3. The molecule has 0 fully saturated rings. The van der Waals surface area contributed by atoms with E-state index in [0.717, 1.165) is 22.2 Å². The average molecular weight is 409 g/mol. The third-order valence-corrected chi connectivity index (χ3v) is 5.71. The van der Waals surface area contributed by atoms with Crippen LogP contribution in [0.15, 0.2) is 86.4 Å². The van der Waals surface area contributed by atoms with Crippen molar-refractivity contribution in [3.05, 3.63) is 94.3 Å². The first-order valence-corrected chi connectivity index (χ1v) is 10.4. The van der Waals surface area contributed by atoms with Crippen LogP contribution in [0.5, 0.6) is 0 Å². The van der Waals surface area contributed by atoms with Crippen LogP contribution in [0, 0.1) is 6.92 Å². The molecule has 154 valence electrons. The first-order valence-electron chi connectivity index (χ1n) is 10.4. The fourth-order valence-corrected chi connectivity index (χ4v) is 3.94. The molecule has 0 aliphatic carbocycles. The van der Waals surface area contributed by atoms with Crippen molar-refractivity contribution >= 4 is 33.5 Å². The molecule has 5 aromatic rings. The molecule has 0 aliphatic rings. The van der Waals surface area contributed by atoms with Crippen LogP contribution in [0.25, 0.3) is 33.1 Å². The number of fused-ring (bicyclic) bond motifs is 3. The summed E-state index contributed by atoms with van der Waals surface area (Å²) >= 11 is 0. The molecule has 0 saturated heterocycles. The minimum Gasteiger partial charge on any atom is -0.439 e. The summed E-state index contributed by atoms with van der Waals surface area (Å²) in [4.78, 5) is 13.0. The van der Waals surface area contributed by atoms with Gasteiger partial charge in [0.1, 0.15) is 11.0 Å².